The van der Waals surface area contributed by atoms with Crippen LogP contribution in [0.2, 0.25) is 0 Å². The van der Waals surface area contributed by atoms with Gasteiger partial charge in [-0.05, 0) is 59.4 Å². The molecule has 4 N–H and O–H groups in total. The van der Waals surface area contributed by atoms with Crippen molar-refractivity contribution in [3.05, 3.63) is 22.2 Å². The molecule has 21 heavy (non-hydrogen) atoms. The number of nitrogens with two attached hydrogens (primary N) is 1. The van der Waals surface area contributed by atoms with Crippen LogP contribution in [0.25, 0.3) is 0 Å². The predicted molar refractivity (Wildman–Crippen MR) is 85.9 cm³/mol. The fourth-order valence-corrected chi connectivity index (χ4v) is 2.93. The number of ether oxygens (including phenoxy) is 2. The van der Waals surface area contributed by atoms with Crippen LogP contribution >= 0.6 is 15.9 Å². The zero-order valence-corrected chi connectivity index (χ0v) is 13.7. The van der Waals surface area contributed by atoms with Gasteiger partial charge in [0, 0.05) is 19.2 Å². The minimum absolute atomic E-state index is 0.0891. The summed E-state index contributed by atoms with van der Waals surface area (Å²) in [5.74, 6) is 1.54. The number of nitrogens with one attached hydrogen (secondary N) is 1. The quantitative estimate of drug-likeness (QED) is 0.619. The Morgan fingerprint density at radius 1 is 1.24 bits per heavy atom. The third-order valence-electron chi connectivity index (χ3n) is 3.48. The van der Waals surface area contributed by atoms with E-state index in [2.05, 4.69) is 21.2 Å². The molecule has 1 heterocycles. The van der Waals surface area contributed by atoms with Crippen LogP contribution in [0.15, 0.2) is 16.6 Å². The number of fused-ring (bicyclic) bond motifs is 1. The molecule has 1 aliphatic heterocycles. The Morgan fingerprint density at radius 2 is 2.05 bits per heavy atom. The number of halogens is 1. The standard InChI is InChI=1S/C15H23BrN2O3/c16-12-8-11(9-14-15(12)21-7-6-20-14)13(10-17)18-4-2-1-3-5-19/h8-9,13,18-19H,1-7,10,17H2. The van der Waals surface area contributed by atoms with Gasteiger partial charge in [-0.3, -0.25) is 0 Å². The van der Waals surface area contributed by atoms with Crippen molar-refractivity contribution in [2.24, 2.45) is 5.73 Å². The average Bonchev–Trinajstić information content (AvgIpc) is 2.51. The second-order valence-corrected chi connectivity index (χ2v) is 5.91. The molecule has 0 bridgehead atoms. The van der Waals surface area contributed by atoms with Crippen molar-refractivity contribution in [3.63, 3.8) is 0 Å². The van der Waals surface area contributed by atoms with Gasteiger partial charge in [0.05, 0.1) is 4.47 Å². The molecule has 1 aliphatic rings. The molecular weight excluding hydrogens is 336 g/mol. The van der Waals surface area contributed by atoms with Crippen LogP contribution < -0.4 is 20.5 Å². The van der Waals surface area contributed by atoms with E-state index in [-0.39, 0.29) is 12.6 Å². The summed E-state index contributed by atoms with van der Waals surface area (Å²) >= 11 is 3.53. The normalized spacial score (nSPS) is 15.0. The molecule has 0 fully saturated rings. The summed E-state index contributed by atoms with van der Waals surface area (Å²) in [6.07, 6.45) is 2.90. The molecule has 118 valence electrons. The van der Waals surface area contributed by atoms with Gasteiger partial charge in [-0.25, -0.2) is 0 Å². The number of hydrogen-bond donors (Lipinski definition) is 3. The highest BCUT2D eigenvalue weighted by atomic mass is 79.9. The molecule has 1 aromatic rings. The molecule has 2 rings (SSSR count). The Labute approximate surface area is 133 Å². The molecule has 0 spiro atoms. The largest absolute Gasteiger partial charge is 0.486 e. The first-order valence-corrected chi connectivity index (χ1v) is 8.19. The third-order valence-corrected chi connectivity index (χ3v) is 4.07. The maximum atomic E-state index is 8.77. The van der Waals surface area contributed by atoms with Crippen LogP contribution in [-0.4, -0.2) is 38.0 Å². The minimum Gasteiger partial charge on any atom is -0.486 e. The molecule has 0 radical (unpaired) electrons. The van der Waals surface area contributed by atoms with E-state index in [4.69, 9.17) is 20.3 Å². The molecule has 1 atom stereocenters. The van der Waals surface area contributed by atoms with Gasteiger partial charge in [-0.2, -0.15) is 0 Å². The lowest BCUT2D eigenvalue weighted by Crippen LogP contribution is -2.29. The maximum absolute atomic E-state index is 8.77. The monoisotopic (exact) mass is 358 g/mol. The molecule has 1 aromatic carbocycles. The summed E-state index contributed by atoms with van der Waals surface area (Å²) in [7, 11) is 0. The summed E-state index contributed by atoms with van der Waals surface area (Å²) in [5.41, 5.74) is 6.98. The molecule has 6 heteroatoms. The second kappa shape index (κ2) is 8.58. The van der Waals surface area contributed by atoms with Gasteiger partial charge in [0.1, 0.15) is 13.2 Å². The van der Waals surface area contributed by atoms with Gasteiger partial charge < -0.3 is 25.6 Å². The number of rotatable bonds is 8. The first-order chi connectivity index (χ1) is 10.3. The summed E-state index contributed by atoms with van der Waals surface area (Å²) in [6.45, 7) is 2.81. The third kappa shape index (κ3) is 4.57. The molecule has 0 aliphatic carbocycles. The van der Waals surface area contributed by atoms with E-state index in [1.54, 1.807) is 0 Å². The van der Waals surface area contributed by atoms with E-state index < -0.39 is 0 Å². The number of benzene rings is 1. The van der Waals surface area contributed by atoms with Crippen molar-refractivity contribution >= 4 is 15.9 Å². The lowest BCUT2D eigenvalue weighted by Gasteiger charge is -2.23. The van der Waals surface area contributed by atoms with Gasteiger partial charge >= 0.3 is 0 Å². The Bertz CT molecular complexity index is 457. The number of aliphatic hydroxyl groups is 1. The number of hydrogen-bond acceptors (Lipinski definition) is 5. The fourth-order valence-electron chi connectivity index (χ4n) is 2.36. The second-order valence-electron chi connectivity index (χ2n) is 5.05. The van der Waals surface area contributed by atoms with Crippen LogP contribution in [0.5, 0.6) is 11.5 Å². The van der Waals surface area contributed by atoms with Crippen LogP contribution in [0, 0.1) is 0 Å². The van der Waals surface area contributed by atoms with E-state index in [9.17, 15) is 0 Å². The smallest absolute Gasteiger partial charge is 0.175 e. The molecule has 0 aromatic heterocycles. The summed E-state index contributed by atoms with van der Waals surface area (Å²) in [4.78, 5) is 0. The summed E-state index contributed by atoms with van der Waals surface area (Å²) < 4.78 is 12.1. The van der Waals surface area contributed by atoms with Crippen molar-refractivity contribution in [2.75, 3.05) is 32.9 Å². The highest BCUT2D eigenvalue weighted by molar-refractivity contribution is 9.10. The Kier molecular flexibility index (Phi) is 6.76. The van der Waals surface area contributed by atoms with Crippen LogP contribution in [0.4, 0.5) is 0 Å². The van der Waals surface area contributed by atoms with Crippen molar-refractivity contribution in [2.45, 2.75) is 25.3 Å². The zero-order chi connectivity index (χ0) is 15.1. The molecule has 0 amide bonds. The lowest BCUT2D eigenvalue weighted by atomic mass is 10.1. The zero-order valence-electron chi connectivity index (χ0n) is 12.1. The van der Waals surface area contributed by atoms with E-state index in [0.717, 1.165) is 47.3 Å². The topological polar surface area (TPSA) is 76.7 Å². The molecule has 0 saturated heterocycles. The Morgan fingerprint density at radius 3 is 2.81 bits per heavy atom. The summed E-state index contributed by atoms with van der Waals surface area (Å²) in [5, 5.41) is 12.2. The van der Waals surface area contributed by atoms with E-state index in [0.29, 0.717) is 19.8 Å². The van der Waals surface area contributed by atoms with Crippen molar-refractivity contribution < 1.29 is 14.6 Å². The lowest BCUT2D eigenvalue weighted by molar-refractivity contribution is 0.170. The Balaban J connectivity index is 1.99. The number of unbranched alkanes of at least 4 members (excludes halogenated alkanes) is 2. The Hall–Kier alpha value is -0.820. The molecule has 1 unspecified atom stereocenters. The van der Waals surface area contributed by atoms with Crippen LogP contribution in [0.3, 0.4) is 0 Å². The predicted octanol–water partition coefficient (Wildman–Crippen LogP) is 1.97. The minimum atomic E-state index is 0.0891. The first-order valence-electron chi connectivity index (χ1n) is 7.39. The maximum Gasteiger partial charge on any atom is 0.175 e. The van der Waals surface area contributed by atoms with Gasteiger partial charge in [0.15, 0.2) is 11.5 Å². The van der Waals surface area contributed by atoms with Crippen molar-refractivity contribution in [3.8, 4) is 11.5 Å². The average molecular weight is 359 g/mol. The van der Waals surface area contributed by atoms with Gasteiger partial charge in [0.25, 0.3) is 0 Å². The van der Waals surface area contributed by atoms with E-state index in [1.807, 2.05) is 12.1 Å². The fraction of sp³-hybridized carbons (Fsp3) is 0.600. The van der Waals surface area contributed by atoms with Gasteiger partial charge in [-0.15, -0.1) is 0 Å². The van der Waals surface area contributed by atoms with Crippen molar-refractivity contribution in [1.29, 1.82) is 0 Å². The van der Waals surface area contributed by atoms with Gasteiger partial charge in [0.2, 0.25) is 0 Å². The first kappa shape index (κ1) is 16.5. The molecular formula is C15H23BrN2O3. The van der Waals surface area contributed by atoms with Gasteiger partial charge in [-0.1, -0.05) is 0 Å². The van der Waals surface area contributed by atoms with E-state index in [1.165, 1.54) is 0 Å². The molecule has 5 nitrogen and oxygen atoms in total. The highest BCUT2D eigenvalue weighted by Crippen LogP contribution is 2.39. The molecule has 0 saturated carbocycles. The SMILES string of the molecule is NCC(NCCCCCO)c1cc(Br)c2c(c1)OCCO2. The number of aliphatic hydroxyl groups excluding tert-OH is 1. The van der Waals surface area contributed by atoms with Crippen molar-refractivity contribution in [1.82, 2.24) is 5.32 Å². The van der Waals surface area contributed by atoms with Crippen LogP contribution in [-0.2, 0) is 0 Å². The van der Waals surface area contributed by atoms with E-state index >= 15 is 0 Å². The van der Waals surface area contributed by atoms with Crippen LogP contribution in [0.1, 0.15) is 30.9 Å². The highest BCUT2D eigenvalue weighted by Gasteiger charge is 2.19. The summed E-state index contributed by atoms with van der Waals surface area (Å²) in [6, 6.07) is 4.12.